The van der Waals surface area contributed by atoms with Crippen LogP contribution < -0.4 is 5.32 Å². The number of nitrogens with one attached hydrogen (secondary N) is 1. The monoisotopic (exact) mass is 268 g/mol. The van der Waals surface area contributed by atoms with Gasteiger partial charge in [-0.2, -0.15) is 0 Å². The van der Waals surface area contributed by atoms with E-state index in [1.165, 1.54) is 22.3 Å². The van der Waals surface area contributed by atoms with Gasteiger partial charge in [0.05, 0.1) is 0 Å². The lowest BCUT2D eigenvalue weighted by atomic mass is 9.88. The minimum atomic E-state index is 0.335. The van der Waals surface area contributed by atoms with E-state index in [1.807, 2.05) is 12.4 Å². The Kier molecular flexibility index (Phi) is 4.91. The Morgan fingerprint density at radius 1 is 1.00 bits per heavy atom. The van der Waals surface area contributed by atoms with Crippen LogP contribution in [-0.2, 0) is 0 Å². The molecule has 0 saturated heterocycles. The summed E-state index contributed by atoms with van der Waals surface area (Å²) in [7, 11) is 0. The topological polar surface area (TPSA) is 24.9 Å². The van der Waals surface area contributed by atoms with Crippen molar-refractivity contribution in [3.8, 4) is 0 Å². The predicted molar refractivity (Wildman–Crippen MR) is 85.0 cm³/mol. The fraction of sp³-hybridized carbons (Fsp3) is 0.389. The highest BCUT2D eigenvalue weighted by molar-refractivity contribution is 5.34. The number of hydrogen-bond acceptors (Lipinski definition) is 2. The first-order valence-electron chi connectivity index (χ1n) is 7.34. The number of pyridine rings is 1. The molecule has 0 radical (unpaired) electrons. The molecule has 0 aliphatic heterocycles. The van der Waals surface area contributed by atoms with E-state index in [-0.39, 0.29) is 0 Å². The van der Waals surface area contributed by atoms with Gasteiger partial charge in [-0.25, -0.2) is 0 Å². The maximum absolute atomic E-state index is 4.11. The summed E-state index contributed by atoms with van der Waals surface area (Å²) < 4.78 is 0. The standard InChI is InChI=1S/C18H24N2/c1-5-20-18(15(4)16-8-10-19-11-9-16)17-7-6-13(2)14(3)12-17/h6-12,15,18,20H,5H2,1-4H3. The van der Waals surface area contributed by atoms with Gasteiger partial charge in [-0.1, -0.05) is 32.0 Å². The number of nitrogens with zero attached hydrogens (tertiary/aromatic N) is 1. The molecule has 2 unspecified atom stereocenters. The molecular weight excluding hydrogens is 244 g/mol. The zero-order valence-electron chi connectivity index (χ0n) is 12.9. The summed E-state index contributed by atoms with van der Waals surface area (Å²) in [5.74, 6) is 0.417. The van der Waals surface area contributed by atoms with Crippen molar-refractivity contribution in [2.45, 2.75) is 39.7 Å². The quantitative estimate of drug-likeness (QED) is 0.881. The second-order valence-electron chi connectivity index (χ2n) is 5.45. The van der Waals surface area contributed by atoms with Crippen molar-refractivity contribution in [1.82, 2.24) is 10.3 Å². The molecule has 2 atom stereocenters. The van der Waals surface area contributed by atoms with E-state index in [0.29, 0.717) is 12.0 Å². The van der Waals surface area contributed by atoms with Gasteiger partial charge < -0.3 is 5.32 Å². The van der Waals surface area contributed by atoms with E-state index in [0.717, 1.165) is 6.54 Å². The molecule has 0 spiro atoms. The predicted octanol–water partition coefficient (Wildman–Crippen LogP) is 4.15. The molecule has 1 aromatic carbocycles. The van der Waals surface area contributed by atoms with E-state index in [1.54, 1.807) is 0 Å². The highest BCUT2D eigenvalue weighted by Crippen LogP contribution is 2.31. The van der Waals surface area contributed by atoms with Gasteiger partial charge in [0.25, 0.3) is 0 Å². The summed E-state index contributed by atoms with van der Waals surface area (Å²) in [6.45, 7) is 9.74. The second kappa shape index (κ2) is 6.67. The molecule has 0 saturated carbocycles. The third kappa shape index (κ3) is 3.26. The summed E-state index contributed by atoms with van der Waals surface area (Å²) in [6, 6.07) is 11.3. The van der Waals surface area contributed by atoms with Gasteiger partial charge in [0.15, 0.2) is 0 Å². The molecule has 0 aliphatic rings. The van der Waals surface area contributed by atoms with E-state index in [9.17, 15) is 0 Å². The van der Waals surface area contributed by atoms with Crippen LogP contribution in [0.4, 0.5) is 0 Å². The molecular formula is C18H24N2. The summed E-state index contributed by atoms with van der Waals surface area (Å²) in [5, 5.41) is 3.62. The van der Waals surface area contributed by atoms with Crippen LogP contribution in [0.15, 0.2) is 42.7 Å². The number of likely N-dealkylation sites (N-methyl/N-ethyl adjacent to an activating group) is 1. The summed E-state index contributed by atoms with van der Waals surface area (Å²) in [6.07, 6.45) is 3.74. The van der Waals surface area contributed by atoms with Crippen molar-refractivity contribution < 1.29 is 0 Å². The lowest BCUT2D eigenvalue weighted by Gasteiger charge is -2.26. The number of aromatic nitrogens is 1. The van der Waals surface area contributed by atoms with Crippen molar-refractivity contribution in [1.29, 1.82) is 0 Å². The average molecular weight is 268 g/mol. The third-order valence-electron chi connectivity index (χ3n) is 4.05. The molecule has 0 aliphatic carbocycles. The van der Waals surface area contributed by atoms with Crippen molar-refractivity contribution in [2.24, 2.45) is 0 Å². The van der Waals surface area contributed by atoms with Crippen LogP contribution in [-0.4, -0.2) is 11.5 Å². The van der Waals surface area contributed by atoms with Crippen molar-refractivity contribution in [2.75, 3.05) is 6.54 Å². The highest BCUT2D eigenvalue weighted by atomic mass is 14.9. The molecule has 1 heterocycles. The lowest BCUT2D eigenvalue weighted by Crippen LogP contribution is -2.26. The van der Waals surface area contributed by atoms with Crippen LogP contribution in [0.3, 0.4) is 0 Å². The van der Waals surface area contributed by atoms with Crippen molar-refractivity contribution in [3.63, 3.8) is 0 Å². The minimum Gasteiger partial charge on any atom is -0.310 e. The zero-order valence-corrected chi connectivity index (χ0v) is 12.9. The second-order valence-corrected chi connectivity index (χ2v) is 5.45. The van der Waals surface area contributed by atoms with Crippen molar-refractivity contribution in [3.05, 3.63) is 65.0 Å². The Morgan fingerprint density at radius 2 is 1.70 bits per heavy atom. The number of benzene rings is 1. The first kappa shape index (κ1) is 14.7. The Labute approximate surface area is 122 Å². The Hall–Kier alpha value is -1.67. The SMILES string of the molecule is CCNC(c1ccc(C)c(C)c1)C(C)c1ccncc1. The average Bonchev–Trinajstić information content (AvgIpc) is 2.48. The number of hydrogen-bond donors (Lipinski definition) is 1. The van der Waals surface area contributed by atoms with Crippen LogP contribution >= 0.6 is 0 Å². The zero-order chi connectivity index (χ0) is 14.5. The van der Waals surface area contributed by atoms with Gasteiger partial charge in [-0.3, -0.25) is 4.98 Å². The van der Waals surface area contributed by atoms with Gasteiger partial charge in [0.1, 0.15) is 0 Å². The molecule has 1 N–H and O–H groups in total. The highest BCUT2D eigenvalue weighted by Gasteiger charge is 2.20. The van der Waals surface area contributed by atoms with E-state index in [4.69, 9.17) is 0 Å². The van der Waals surface area contributed by atoms with E-state index < -0.39 is 0 Å². The maximum atomic E-state index is 4.11. The first-order chi connectivity index (χ1) is 9.63. The Bertz CT molecular complexity index is 549. The normalized spacial score (nSPS) is 14.0. The molecule has 2 aromatic rings. The Morgan fingerprint density at radius 3 is 2.30 bits per heavy atom. The largest absolute Gasteiger partial charge is 0.310 e. The third-order valence-corrected chi connectivity index (χ3v) is 4.05. The van der Waals surface area contributed by atoms with Crippen LogP contribution in [0.2, 0.25) is 0 Å². The molecule has 20 heavy (non-hydrogen) atoms. The molecule has 106 valence electrons. The summed E-state index contributed by atoms with van der Waals surface area (Å²) >= 11 is 0. The van der Waals surface area contributed by atoms with Crippen LogP contribution in [0.25, 0.3) is 0 Å². The lowest BCUT2D eigenvalue weighted by molar-refractivity contribution is 0.479. The van der Waals surface area contributed by atoms with Crippen molar-refractivity contribution >= 4 is 0 Å². The summed E-state index contributed by atoms with van der Waals surface area (Å²) in [4.78, 5) is 4.11. The molecule has 2 rings (SSSR count). The smallest absolute Gasteiger partial charge is 0.0386 e. The number of aryl methyl sites for hydroxylation is 2. The minimum absolute atomic E-state index is 0.335. The molecule has 0 amide bonds. The summed E-state index contributed by atoms with van der Waals surface area (Å²) in [5.41, 5.74) is 5.39. The van der Waals surface area contributed by atoms with Crippen LogP contribution in [0, 0.1) is 13.8 Å². The molecule has 2 nitrogen and oxygen atoms in total. The van der Waals surface area contributed by atoms with Gasteiger partial charge in [0, 0.05) is 24.4 Å². The van der Waals surface area contributed by atoms with Crippen LogP contribution in [0.5, 0.6) is 0 Å². The number of rotatable bonds is 5. The maximum Gasteiger partial charge on any atom is 0.0386 e. The molecule has 0 fully saturated rings. The molecule has 1 aromatic heterocycles. The van der Waals surface area contributed by atoms with Gasteiger partial charge in [-0.15, -0.1) is 0 Å². The molecule has 2 heteroatoms. The fourth-order valence-corrected chi connectivity index (χ4v) is 2.62. The van der Waals surface area contributed by atoms with Crippen LogP contribution in [0.1, 0.15) is 48.1 Å². The van der Waals surface area contributed by atoms with Gasteiger partial charge >= 0.3 is 0 Å². The van der Waals surface area contributed by atoms with Gasteiger partial charge in [0.2, 0.25) is 0 Å². The van der Waals surface area contributed by atoms with Gasteiger partial charge in [-0.05, 0) is 54.8 Å². The van der Waals surface area contributed by atoms with E-state index >= 15 is 0 Å². The Balaban J connectivity index is 2.33. The molecule has 0 bridgehead atoms. The first-order valence-corrected chi connectivity index (χ1v) is 7.34. The van der Waals surface area contributed by atoms with E-state index in [2.05, 4.69) is 68.3 Å². The fourth-order valence-electron chi connectivity index (χ4n) is 2.62.